The summed E-state index contributed by atoms with van der Waals surface area (Å²) < 4.78 is 31.5. The average molecular weight is 223 g/mol. The molecular formula is C7H13NO5S. The zero-order valence-corrected chi connectivity index (χ0v) is 8.33. The van der Waals surface area contributed by atoms with Gasteiger partial charge < -0.3 is 5.11 Å². The fourth-order valence-electron chi connectivity index (χ4n) is 1.76. The first-order valence-electron chi connectivity index (χ1n) is 4.37. The molecule has 2 atom stereocenters. The van der Waals surface area contributed by atoms with E-state index in [4.69, 9.17) is 9.66 Å². The second-order valence-corrected chi connectivity index (χ2v) is 4.61. The number of nitrogens with one attached hydrogen (secondary N) is 1. The third-order valence-corrected chi connectivity index (χ3v) is 2.98. The van der Waals surface area contributed by atoms with Crippen LogP contribution >= 0.6 is 0 Å². The molecule has 1 saturated carbocycles. The van der Waals surface area contributed by atoms with Crippen LogP contribution in [-0.2, 0) is 15.1 Å². The first-order chi connectivity index (χ1) is 6.40. The van der Waals surface area contributed by atoms with Gasteiger partial charge in [-0.2, -0.15) is 13.1 Å². The van der Waals surface area contributed by atoms with Crippen LogP contribution in [0.2, 0.25) is 0 Å². The van der Waals surface area contributed by atoms with Crippen LogP contribution in [0.5, 0.6) is 0 Å². The molecule has 0 amide bonds. The summed E-state index contributed by atoms with van der Waals surface area (Å²) in [5, 5.41) is 8.79. The van der Waals surface area contributed by atoms with Crippen LogP contribution in [0.4, 0.5) is 0 Å². The highest BCUT2D eigenvalue weighted by Crippen LogP contribution is 2.24. The number of carboxylic acid groups (broad SMARTS) is 1. The lowest BCUT2D eigenvalue weighted by Gasteiger charge is -2.27. The van der Waals surface area contributed by atoms with Gasteiger partial charge in [0.25, 0.3) is 0 Å². The maximum absolute atomic E-state index is 10.7. The van der Waals surface area contributed by atoms with Crippen molar-refractivity contribution in [2.24, 2.45) is 5.92 Å². The molecule has 2 unspecified atom stereocenters. The Morgan fingerprint density at radius 3 is 2.36 bits per heavy atom. The highest BCUT2D eigenvalue weighted by molar-refractivity contribution is 7.83. The van der Waals surface area contributed by atoms with Gasteiger partial charge in [0, 0.05) is 6.04 Å². The van der Waals surface area contributed by atoms with Crippen LogP contribution in [0, 0.1) is 5.92 Å². The third-order valence-electron chi connectivity index (χ3n) is 2.38. The Labute approximate surface area is 82.2 Å². The fourth-order valence-corrected chi connectivity index (χ4v) is 2.42. The van der Waals surface area contributed by atoms with E-state index < -0.39 is 28.2 Å². The molecule has 1 aliphatic rings. The highest BCUT2D eigenvalue weighted by atomic mass is 32.2. The number of aliphatic carboxylic acids is 1. The van der Waals surface area contributed by atoms with Gasteiger partial charge in [-0.25, -0.2) is 0 Å². The van der Waals surface area contributed by atoms with E-state index in [1.54, 1.807) is 0 Å². The lowest BCUT2D eigenvalue weighted by atomic mass is 9.85. The van der Waals surface area contributed by atoms with Crippen molar-refractivity contribution in [3.63, 3.8) is 0 Å². The summed E-state index contributed by atoms with van der Waals surface area (Å²) in [6.07, 6.45) is 2.46. The van der Waals surface area contributed by atoms with Crippen LogP contribution in [0.15, 0.2) is 0 Å². The Morgan fingerprint density at radius 1 is 1.29 bits per heavy atom. The van der Waals surface area contributed by atoms with Crippen molar-refractivity contribution in [2.45, 2.75) is 31.7 Å². The second-order valence-electron chi connectivity index (χ2n) is 3.43. The Bertz CT molecular complexity index is 312. The number of carbonyl (C=O) groups is 1. The van der Waals surface area contributed by atoms with E-state index in [1.807, 2.05) is 4.72 Å². The van der Waals surface area contributed by atoms with Crippen molar-refractivity contribution in [2.75, 3.05) is 0 Å². The van der Waals surface area contributed by atoms with Gasteiger partial charge in [-0.1, -0.05) is 12.8 Å². The summed E-state index contributed by atoms with van der Waals surface area (Å²) in [6, 6.07) is -0.684. The van der Waals surface area contributed by atoms with Crippen LogP contribution in [-0.4, -0.2) is 30.1 Å². The van der Waals surface area contributed by atoms with Crippen LogP contribution < -0.4 is 4.72 Å². The van der Waals surface area contributed by atoms with E-state index in [0.29, 0.717) is 12.8 Å². The molecule has 6 nitrogen and oxygen atoms in total. The average Bonchev–Trinajstić information content (AvgIpc) is 2.01. The number of hydrogen-bond donors (Lipinski definition) is 3. The molecule has 3 N–H and O–H groups in total. The maximum Gasteiger partial charge on any atom is 0.333 e. The molecule has 0 aliphatic heterocycles. The lowest BCUT2D eigenvalue weighted by molar-refractivity contribution is -0.143. The van der Waals surface area contributed by atoms with E-state index >= 15 is 0 Å². The topological polar surface area (TPSA) is 104 Å². The Hall–Kier alpha value is -0.660. The molecular weight excluding hydrogens is 210 g/mol. The Morgan fingerprint density at radius 2 is 1.86 bits per heavy atom. The maximum atomic E-state index is 10.7. The van der Waals surface area contributed by atoms with E-state index in [-0.39, 0.29) is 0 Å². The van der Waals surface area contributed by atoms with Gasteiger partial charge in [0.15, 0.2) is 0 Å². The molecule has 0 aromatic heterocycles. The summed E-state index contributed by atoms with van der Waals surface area (Å²) in [7, 11) is -4.30. The zero-order valence-electron chi connectivity index (χ0n) is 7.51. The van der Waals surface area contributed by atoms with Crippen molar-refractivity contribution in [3.05, 3.63) is 0 Å². The van der Waals surface area contributed by atoms with Crippen molar-refractivity contribution in [3.8, 4) is 0 Å². The SMILES string of the molecule is O=C(O)C1CCCCC1NS(=O)(=O)O. The number of hydrogen-bond acceptors (Lipinski definition) is 3. The van der Waals surface area contributed by atoms with Gasteiger partial charge >= 0.3 is 16.3 Å². The quantitative estimate of drug-likeness (QED) is 0.585. The van der Waals surface area contributed by atoms with Gasteiger partial charge in [0.2, 0.25) is 0 Å². The molecule has 0 heterocycles. The largest absolute Gasteiger partial charge is 0.481 e. The summed E-state index contributed by atoms with van der Waals surface area (Å²) in [4.78, 5) is 10.7. The highest BCUT2D eigenvalue weighted by Gasteiger charge is 2.32. The summed E-state index contributed by atoms with van der Waals surface area (Å²) in [5.41, 5.74) is 0. The van der Waals surface area contributed by atoms with Crippen molar-refractivity contribution in [1.82, 2.24) is 4.72 Å². The molecule has 1 aliphatic carbocycles. The van der Waals surface area contributed by atoms with Crippen molar-refractivity contribution in [1.29, 1.82) is 0 Å². The first-order valence-corrected chi connectivity index (χ1v) is 5.82. The minimum absolute atomic E-state index is 0.447. The molecule has 0 saturated heterocycles. The van der Waals surface area contributed by atoms with Crippen LogP contribution in [0.25, 0.3) is 0 Å². The third kappa shape index (κ3) is 3.24. The molecule has 0 aromatic rings. The van der Waals surface area contributed by atoms with E-state index in [0.717, 1.165) is 12.8 Å². The van der Waals surface area contributed by atoms with Gasteiger partial charge in [-0.05, 0) is 12.8 Å². The number of carboxylic acids is 1. The monoisotopic (exact) mass is 223 g/mol. The van der Waals surface area contributed by atoms with E-state index in [2.05, 4.69) is 0 Å². The molecule has 0 bridgehead atoms. The van der Waals surface area contributed by atoms with Crippen LogP contribution in [0.3, 0.4) is 0 Å². The van der Waals surface area contributed by atoms with E-state index in [1.165, 1.54) is 0 Å². The summed E-state index contributed by atoms with van der Waals surface area (Å²) >= 11 is 0. The molecule has 1 rings (SSSR count). The molecule has 1 fully saturated rings. The lowest BCUT2D eigenvalue weighted by Crippen LogP contribution is -2.44. The normalized spacial score (nSPS) is 28.6. The predicted molar refractivity (Wildman–Crippen MR) is 48.1 cm³/mol. The van der Waals surface area contributed by atoms with Gasteiger partial charge in [0.05, 0.1) is 5.92 Å². The zero-order chi connectivity index (χ0) is 10.8. The minimum Gasteiger partial charge on any atom is -0.481 e. The smallest absolute Gasteiger partial charge is 0.333 e. The first kappa shape index (κ1) is 11.4. The molecule has 82 valence electrons. The minimum atomic E-state index is -4.30. The number of rotatable bonds is 3. The molecule has 14 heavy (non-hydrogen) atoms. The summed E-state index contributed by atoms with van der Waals surface area (Å²) in [6.45, 7) is 0. The molecule has 0 spiro atoms. The Kier molecular flexibility index (Phi) is 3.46. The molecule has 7 heteroatoms. The molecule has 0 aromatic carbocycles. The second kappa shape index (κ2) is 4.24. The van der Waals surface area contributed by atoms with Gasteiger partial charge in [-0.3, -0.25) is 9.35 Å². The fraction of sp³-hybridized carbons (Fsp3) is 0.857. The van der Waals surface area contributed by atoms with Gasteiger partial charge in [0.1, 0.15) is 0 Å². The van der Waals surface area contributed by atoms with Crippen molar-refractivity contribution < 1.29 is 22.9 Å². The summed E-state index contributed by atoms with van der Waals surface area (Å²) in [5.74, 6) is -1.75. The van der Waals surface area contributed by atoms with Crippen LogP contribution in [0.1, 0.15) is 25.7 Å². The van der Waals surface area contributed by atoms with Gasteiger partial charge in [-0.15, -0.1) is 0 Å². The van der Waals surface area contributed by atoms with E-state index in [9.17, 15) is 13.2 Å². The predicted octanol–water partition coefficient (Wildman–Crippen LogP) is 0.0222. The Balaban J connectivity index is 2.68. The molecule has 0 radical (unpaired) electrons. The standard InChI is InChI=1S/C7H13NO5S/c9-7(10)5-3-1-2-4-6(5)8-14(11,12)13/h5-6,8H,1-4H2,(H,9,10)(H,11,12,13). The van der Waals surface area contributed by atoms with Crippen molar-refractivity contribution >= 4 is 16.3 Å².